The molecule has 1 N–H and O–H groups in total. The van der Waals surface area contributed by atoms with Crippen LogP contribution in [0.1, 0.15) is 36.0 Å². The molecule has 6 nitrogen and oxygen atoms in total. The second kappa shape index (κ2) is 6.66. The molecule has 1 amide bonds. The topological polar surface area (TPSA) is 75.7 Å². The molecule has 3 rings (SSSR count). The van der Waals surface area contributed by atoms with Gasteiger partial charge >= 0.3 is 0 Å². The molecular formula is C14H20N2O4S2. The van der Waals surface area contributed by atoms with Gasteiger partial charge in [0.05, 0.1) is 18.8 Å². The van der Waals surface area contributed by atoms with Gasteiger partial charge in [-0.3, -0.25) is 4.79 Å². The minimum atomic E-state index is -3.51. The van der Waals surface area contributed by atoms with Crippen molar-refractivity contribution in [1.29, 1.82) is 0 Å². The lowest BCUT2D eigenvalue weighted by Crippen LogP contribution is -2.40. The van der Waals surface area contributed by atoms with E-state index in [4.69, 9.17) is 4.74 Å². The Bertz CT molecular complexity index is 629. The van der Waals surface area contributed by atoms with Crippen LogP contribution < -0.4 is 4.72 Å². The first-order valence-corrected chi connectivity index (χ1v) is 9.90. The molecule has 8 heteroatoms. The summed E-state index contributed by atoms with van der Waals surface area (Å²) in [6.07, 6.45) is 3.92. The summed E-state index contributed by atoms with van der Waals surface area (Å²) < 4.78 is 32.9. The second-order valence-corrected chi connectivity index (χ2v) is 8.51. The predicted octanol–water partition coefficient (Wildman–Crippen LogP) is 1.44. The Morgan fingerprint density at radius 3 is 2.64 bits per heavy atom. The standard InChI is InChI=1S/C14H20N2O4S2/c17-14(16-5-7-20-8-6-16)11-9-13(21-10-11)22(18,19)15-12-3-1-2-4-12/h9-10,12,15H,1-8H2. The smallest absolute Gasteiger partial charge is 0.254 e. The highest BCUT2D eigenvalue weighted by molar-refractivity contribution is 7.91. The minimum Gasteiger partial charge on any atom is -0.378 e. The number of ether oxygens (including phenoxy) is 1. The first kappa shape index (κ1) is 15.9. The quantitative estimate of drug-likeness (QED) is 0.897. The molecule has 1 aromatic heterocycles. The van der Waals surface area contributed by atoms with Gasteiger partial charge in [0, 0.05) is 24.5 Å². The fraction of sp³-hybridized carbons (Fsp3) is 0.643. The van der Waals surface area contributed by atoms with E-state index in [0.29, 0.717) is 31.9 Å². The number of carbonyl (C=O) groups is 1. The molecule has 2 aliphatic rings. The summed E-state index contributed by atoms with van der Waals surface area (Å²) in [4.78, 5) is 14.0. The zero-order valence-corrected chi connectivity index (χ0v) is 13.9. The monoisotopic (exact) mass is 344 g/mol. The molecule has 1 aromatic rings. The van der Waals surface area contributed by atoms with Gasteiger partial charge in [-0.15, -0.1) is 11.3 Å². The van der Waals surface area contributed by atoms with Crippen LogP contribution in [-0.2, 0) is 14.8 Å². The zero-order valence-electron chi connectivity index (χ0n) is 12.3. The zero-order chi connectivity index (χ0) is 15.6. The molecule has 0 radical (unpaired) electrons. The molecule has 1 saturated carbocycles. The average Bonchev–Trinajstić information content (AvgIpc) is 3.18. The number of amides is 1. The van der Waals surface area contributed by atoms with Crippen LogP contribution in [-0.4, -0.2) is 51.6 Å². The molecule has 2 heterocycles. The Hall–Kier alpha value is -0.960. The molecular weight excluding hydrogens is 324 g/mol. The molecule has 0 unspecified atom stereocenters. The molecule has 1 aliphatic carbocycles. The van der Waals surface area contributed by atoms with E-state index >= 15 is 0 Å². The van der Waals surface area contributed by atoms with Gasteiger partial charge in [-0.25, -0.2) is 13.1 Å². The van der Waals surface area contributed by atoms with E-state index in [0.717, 1.165) is 37.0 Å². The van der Waals surface area contributed by atoms with Crippen molar-refractivity contribution in [1.82, 2.24) is 9.62 Å². The largest absolute Gasteiger partial charge is 0.378 e. The van der Waals surface area contributed by atoms with Crippen molar-refractivity contribution in [2.75, 3.05) is 26.3 Å². The van der Waals surface area contributed by atoms with Crippen LogP contribution >= 0.6 is 11.3 Å². The maximum atomic E-state index is 12.4. The molecule has 22 heavy (non-hydrogen) atoms. The third-order valence-electron chi connectivity index (χ3n) is 4.06. The number of rotatable bonds is 4. The Balaban J connectivity index is 1.70. The Labute approximate surface area is 134 Å². The maximum Gasteiger partial charge on any atom is 0.254 e. The van der Waals surface area contributed by atoms with E-state index < -0.39 is 10.0 Å². The number of nitrogens with one attached hydrogen (secondary N) is 1. The van der Waals surface area contributed by atoms with E-state index in [-0.39, 0.29) is 16.2 Å². The van der Waals surface area contributed by atoms with Gasteiger partial charge in [-0.1, -0.05) is 12.8 Å². The van der Waals surface area contributed by atoms with Gasteiger partial charge in [-0.05, 0) is 18.9 Å². The van der Waals surface area contributed by atoms with Crippen molar-refractivity contribution in [2.24, 2.45) is 0 Å². The number of thiophene rings is 1. The third-order valence-corrected chi connectivity index (χ3v) is 7.02. The molecule has 1 aliphatic heterocycles. The van der Waals surface area contributed by atoms with Crippen LogP contribution in [0.15, 0.2) is 15.7 Å². The third kappa shape index (κ3) is 3.51. The average molecular weight is 344 g/mol. The van der Waals surface area contributed by atoms with E-state index in [1.165, 1.54) is 6.07 Å². The van der Waals surface area contributed by atoms with E-state index in [1.54, 1.807) is 10.3 Å². The van der Waals surface area contributed by atoms with Crippen molar-refractivity contribution < 1.29 is 17.9 Å². The lowest BCUT2D eigenvalue weighted by atomic mass is 10.3. The number of carbonyl (C=O) groups excluding carboxylic acids is 1. The Morgan fingerprint density at radius 1 is 1.27 bits per heavy atom. The van der Waals surface area contributed by atoms with Gasteiger partial charge in [0.15, 0.2) is 0 Å². The highest BCUT2D eigenvalue weighted by Crippen LogP contribution is 2.25. The Morgan fingerprint density at radius 2 is 1.95 bits per heavy atom. The summed E-state index contributed by atoms with van der Waals surface area (Å²) in [7, 11) is -3.51. The van der Waals surface area contributed by atoms with Crippen LogP contribution in [0.5, 0.6) is 0 Å². The maximum absolute atomic E-state index is 12.4. The first-order valence-electron chi connectivity index (χ1n) is 7.54. The summed E-state index contributed by atoms with van der Waals surface area (Å²) in [6.45, 7) is 2.17. The summed E-state index contributed by atoms with van der Waals surface area (Å²) in [6, 6.07) is 1.52. The predicted molar refractivity (Wildman–Crippen MR) is 83.6 cm³/mol. The summed E-state index contributed by atoms with van der Waals surface area (Å²) in [5, 5.41) is 1.63. The van der Waals surface area contributed by atoms with Gasteiger partial charge in [-0.2, -0.15) is 0 Å². The number of sulfonamides is 1. The van der Waals surface area contributed by atoms with Crippen molar-refractivity contribution in [3.05, 3.63) is 17.0 Å². The van der Waals surface area contributed by atoms with Crippen LogP contribution in [0.3, 0.4) is 0 Å². The molecule has 0 spiro atoms. The van der Waals surface area contributed by atoms with E-state index in [9.17, 15) is 13.2 Å². The molecule has 0 bridgehead atoms. The number of nitrogens with zero attached hydrogens (tertiary/aromatic N) is 1. The van der Waals surface area contributed by atoms with Gasteiger partial charge in [0.25, 0.3) is 5.91 Å². The lowest BCUT2D eigenvalue weighted by molar-refractivity contribution is 0.0303. The highest BCUT2D eigenvalue weighted by Gasteiger charge is 2.26. The first-order chi connectivity index (χ1) is 10.6. The normalized spacial score (nSPS) is 20.5. The van der Waals surface area contributed by atoms with Crippen molar-refractivity contribution in [2.45, 2.75) is 35.9 Å². The fourth-order valence-electron chi connectivity index (χ4n) is 2.84. The molecule has 1 saturated heterocycles. The van der Waals surface area contributed by atoms with Crippen LogP contribution in [0.2, 0.25) is 0 Å². The lowest BCUT2D eigenvalue weighted by Gasteiger charge is -2.26. The second-order valence-electron chi connectivity index (χ2n) is 5.66. The van der Waals surface area contributed by atoms with E-state index in [1.807, 2.05) is 0 Å². The summed E-state index contributed by atoms with van der Waals surface area (Å²) >= 11 is 1.10. The van der Waals surface area contributed by atoms with Gasteiger partial charge < -0.3 is 9.64 Å². The van der Waals surface area contributed by atoms with E-state index in [2.05, 4.69) is 4.72 Å². The van der Waals surface area contributed by atoms with Gasteiger partial charge in [0.1, 0.15) is 4.21 Å². The molecule has 0 aromatic carbocycles. The number of hydrogen-bond acceptors (Lipinski definition) is 5. The van der Waals surface area contributed by atoms with Crippen LogP contribution in [0.25, 0.3) is 0 Å². The number of morpholine rings is 1. The number of hydrogen-bond donors (Lipinski definition) is 1. The summed E-state index contributed by atoms with van der Waals surface area (Å²) in [5.41, 5.74) is 0.443. The Kier molecular flexibility index (Phi) is 4.82. The fourth-order valence-corrected chi connectivity index (χ4v) is 5.31. The van der Waals surface area contributed by atoms with Crippen LogP contribution in [0, 0.1) is 0 Å². The SMILES string of the molecule is O=C(c1csc(S(=O)(=O)NC2CCCC2)c1)N1CCOCC1. The van der Waals surface area contributed by atoms with Gasteiger partial charge in [0.2, 0.25) is 10.0 Å². The minimum absolute atomic E-state index is 0.0329. The summed E-state index contributed by atoms with van der Waals surface area (Å²) in [5.74, 6) is -0.123. The molecule has 0 atom stereocenters. The van der Waals surface area contributed by atoms with Crippen molar-refractivity contribution in [3.8, 4) is 0 Å². The van der Waals surface area contributed by atoms with Crippen LogP contribution in [0.4, 0.5) is 0 Å². The molecule has 2 fully saturated rings. The van der Waals surface area contributed by atoms with Crippen molar-refractivity contribution >= 4 is 27.3 Å². The van der Waals surface area contributed by atoms with Crippen molar-refractivity contribution in [3.63, 3.8) is 0 Å². The molecule has 122 valence electrons. The highest BCUT2D eigenvalue weighted by atomic mass is 32.2.